The van der Waals surface area contributed by atoms with Crippen molar-refractivity contribution in [3.8, 4) is 0 Å². The van der Waals surface area contributed by atoms with Crippen LogP contribution in [0.3, 0.4) is 0 Å². The molecular formula is C16H13Cl2NO3. The first-order chi connectivity index (χ1) is 10.4. The summed E-state index contributed by atoms with van der Waals surface area (Å²) in [7, 11) is 0. The van der Waals surface area contributed by atoms with Gasteiger partial charge in [0.25, 0.3) is 0 Å². The van der Waals surface area contributed by atoms with E-state index in [1.165, 1.54) is 31.2 Å². The average Bonchev–Trinajstić information content (AvgIpc) is 2.46. The van der Waals surface area contributed by atoms with Crippen molar-refractivity contribution < 1.29 is 14.7 Å². The van der Waals surface area contributed by atoms with Crippen LogP contribution in [0.25, 0.3) is 0 Å². The molecule has 0 spiro atoms. The van der Waals surface area contributed by atoms with Crippen LogP contribution >= 0.6 is 23.2 Å². The average molecular weight is 338 g/mol. The molecule has 2 aromatic rings. The maximum Gasteiger partial charge on any atom is 0.221 e. The lowest BCUT2D eigenvalue weighted by molar-refractivity contribution is -0.114. The smallest absolute Gasteiger partial charge is 0.221 e. The third kappa shape index (κ3) is 3.85. The lowest BCUT2D eigenvalue weighted by Crippen LogP contribution is -2.13. The van der Waals surface area contributed by atoms with Crippen LogP contribution in [0.2, 0.25) is 10.0 Å². The molecule has 0 aromatic heterocycles. The minimum absolute atomic E-state index is 0.202. The fourth-order valence-electron chi connectivity index (χ4n) is 1.94. The van der Waals surface area contributed by atoms with E-state index in [2.05, 4.69) is 5.32 Å². The number of Topliss-reactive ketones (excluding diaryl/α,β-unsaturated/α-hetero) is 1. The van der Waals surface area contributed by atoms with Gasteiger partial charge in [0.05, 0.1) is 0 Å². The topological polar surface area (TPSA) is 66.4 Å². The molecule has 2 aromatic carbocycles. The number of rotatable bonds is 4. The van der Waals surface area contributed by atoms with Gasteiger partial charge in [0.1, 0.15) is 6.10 Å². The van der Waals surface area contributed by atoms with Crippen LogP contribution in [0, 0.1) is 0 Å². The molecule has 0 aliphatic heterocycles. The van der Waals surface area contributed by atoms with E-state index in [9.17, 15) is 14.7 Å². The van der Waals surface area contributed by atoms with Gasteiger partial charge in [-0.05, 0) is 36.4 Å². The molecule has 0 fully saturated rings. The molecule has 0 aliphatic carbocycles. The van der Waals surface area contributed by atoms with Crippen molar-refractivity contribution in [3.05, 3.63) is 63.6 Å². The number of amides is 1. The Bertz CT molecular complexity index is 714. The maximum absolute atomic E-state index is 12.3. The van der Waals surface area contributed by atoms with E-state index in [1.54, 1.807) is 18.2 Å². The van der Waals surface area contributed by atoms with Crippen molar-refractivity contribution in [1.29, 1.82) is 0 Å². The highest BCUT2D eigenvalue weighted by Gasteiger charge is 2.21. The first-order valence-electron chi connectivity index (χ1n) is 6.43. The third-order valence-electron chi connectivity index (χ3n) is 3.00. The predicted molar refractivity (Wildman–Crippen MR) is 86.5 cm³/mol. The van der Waals surface area contributed by atoms with E-state index in [-0.39, 0.29) is 10.9 Å². The number of aliphatic hydroxyl groups excluding tert-OH is 1. The SMILES string of the molecule is CC(=O)Nc1ccc(C(=O)C(O)c2ccc(Cl)cc2Cl)cc1. The fraction of sp³-hybridized carbons (Fsp3) is 0.125. The summed E-state index contributed by atoms with van der Waals surface area (Å²) in [5.74, 6) is -0.689. The lowest BCUT2D eigenvalue weighted by Gasteiger charge is -2.12. The van der Waals surface area contributed by atoms with Gasteiger partial charge >= 0.3 is 0 Å². The number of nitrogens with one attached hydrogen (secondary N) is 1. The minimum Gasteiger partial charge on any atom is -0.380 e. The molecule has 0 radical (unpaired) electrons. The van der Waals surface area contributed by atoms with Gasteiger partial charge in [-0.25, -0.2) is 0 Å². The molecule has 0 saturated carbocycles. The number of carbonyl (C=O) groups excluding carboxylic acids is 2. The van der Waals surface area contributed by atoms with Crippen LogP contribution in [0.15, 0.2) is 42.5 Å². The van der Waals surface area contributed by atoms with E-state index < -0.39 is 11.9 Å². The van der Waals surface area contributed by atoms with E-state index in [0.717, 1.165) is 0 Å². The largest absolute Gasteiger partial charge is 0.380 e. The van der Waals surface area contributed by atoms with Crippen LogP contribution in [-0.4, -0.2) is 16.8 Å². The second kappa shape index (κ2) is 6.92. The number of hydrogen-bond donors (Lipinski definition) is 2. The predicted octanol–water partition coefficient (Wildman–Crippen LogP) is 3.87. The number of ketones is 1. The maximum atomic E-state index is 12.3. The van der Waals surface area contributed by atoms with Crippen LogP contribution in [-0.2, 0) is 4.79 Å². The zero-order valence-corrected chi connectivity index (χ0v) is 13.2. The van der Waals surface area contributed by atoms with Gasteiger partial charge in [0.2, 0.25) is 5.91 Å². The van der Waals surface area contributed by atoms with Gasteiger partial charge in [-0.2, -0.15) is 0 Å². The van der Waals surface area contributed by atoms with Gasteiger partial charge in [-0.15, -0.1) is 0 Å². The molecule has 2 rings (SSSR count). The Morgan fingerprint density at radius 2 is 1.73 bits per heavy atom. The summed E-state index contributed by atoms with van der Waals surface area (Å²) in [6.07, 6.45) is -1.38. The Morgan fingerprint density at radius 3 is 2.27 bits per heavy atom. The first kappa shape index (κ1) is 16.5. The molecule has 114 valence electrons. The van der Waals surface area contributed by atoms with Crippen LogP contribution in [0.4, 0.5) is 5.69 Å². The number of carbonyl (C=O) groups is 2. The second-order valence-electron chi connectivity index (χ2n) is 4.69. The summed E-state index contributed by atoms with van der Waals surface area (Å²) in [4.78, 5) is 23.2. The summed E-state index contributed by atoms with van der Waals surface area (Å²) in [5.41, 5.74) is 1.18. The monoisotopic (exact) mass is 337 g/mol. The summed E-state index contributed by atoms with van der Waals surface area (Å²) >= 11 is 11.8. The zero-order chi connectivity index (χ0) is 16.3. The number of halogens is 2. The molecule has 1 unspecified atom stereocenters. The lowest BCUT2D eigenvalue weighted by atomic mass is 10.00. The molecule has 0 bridgehead atoms. The Labute approximate surface area is 137 Å². The summed E-state index contributed by atoms with van der Waals surface area (Å²) in [6.45, 7) is 1.39. The van der Waals surface area contributed by atoms with Crippen LogP contribution in [0.1, 0.15) is 28.9 Å². The number of hydrogen-bond acceptors (Lipinski definition) is 3. The highest BCUT2D eigenvalue weighted by molar-refractivity contribution is 6.35. The Balaban J connectivity index is 2.21. The summed E-state index contributed by atoms with van der Waals surface area (Å²) in [5, 5.41) is 13.4. The molecular weight excluding hydrogens is 325 g/mol. The third-order valence-corrected chi connectivity index (χ3v) is 3.56. The quantitative estimate of drug-likeness (QED) is 0.832. The van der Waals surface area contributed by atoms with E-state index in [0.29, 0.717) is 21.8 Å². The molecule has 1 atom stereocenters. The van der Waals surface area contributed by atoms with E-state index in [1.807, 2.05) is 0 Å². The Morgan fingerprint density at radius 1 is 1.09 bits per heavy atom. The van der Waals surface area contributed by atoms with Crippen LogP contribution < -0.4 is 5.32 Å². The molecule has 0 saturated heterocycles. The van der Waals surface area contributed by atoms with Crippen molar-refractivity contribution in [3.63, 3.8) is 0 Å². The highest BCUT2D eigenvalue weighted by atomic mass is 35.5. The fourth-order valence-corrected chi connectivity index (χ4v) is 2.46. The van der Waals surface area contributed by atoms with Gasteiger partial charge in [-0.3, -0.25) is 9.59 Å². The summed E-state index contributed by atoms with van der Waals surface area (Å²) < 4.78 is 0. The van der Waals surface area contributed by atoms with Crippen molar-refractivity contribution in [2.45, 2.75) is 13.0 Å². The van der Waals surface area contributed by atoms with Gasteiger partial charge in [0.15, 0.2) is 5.78 Å². The van der Waals surface area contributed by atoms with E-state index in [4.69, 9.17) is 23.2 Å². The minimum atomic E-state index is -1.38. The van der Waals surface area contributed by atoms with Gasteiger partial charge in [0, 0.05) is 33.8 Å². The normalized spacial score (nSPS) is 11.8. The van der Waals surface area contributed by atoms with Crippen molar-refractivity contribution in [2.24, 2.45) is 0 Å². The van der Waals surface area contributed by atoms with Gasteiger partial charge in [-0.1, -0.05) is 29.3 Å². The highest BCUT2D eigenvalue weighted by Crippen LogP contribution is 2.28. The van der Waals surface area contributed by atoms with Crippen molar-refractivity contribution in [2.75, 3.05) is 5.32 Å². The molecule has 2 N–H and O–H groups in total. The number of aliphatic hydroxyl groups is 1. The Hall–Kier alpha value is -1.88. The molecule has 1 amide bonds. The molecule has 0 heterocycles. The Kier molecular flexibility index (Phi) is 5.19. The molecule has 0 aliphatic rings. The number of anilines is 1. The van der Waals surface area contributed by atoms with E-state index >= 15 is 0 Å². The second-order valence-corrected chi connectivity index (χ2v) is 5.53. The van der Waals surface area contributed by atoms with Gasteiger partial charge < -0.3 is 10.4 Å². The zero-order valence-electron chi connectivity index (χ0n) is 11.6. The molecule has 4 nitrogen and oxygen atoms in total. The van der Waals surface area contributed by atoms with Crippen molar-refractivity contribution in [1.82, 2.24) is 0 Å². The standard InChI is InChI=1S/C16H13Cl2NO3/c1-9(20)19-12-5-2-10(3-6-12)15(21)16(22)13-7-4-11(17)8-14(13)18/h2-8,16,22H,1H3,(H,19,20). The summed E-state index contributed by atoms with van der Waals surface area (Å²) in [6, 6.07) is 10.8. The molecule has 6 heteroatoms. The van der Waals surface area contributed by atoms with Crippen molar-refractivity contribution >= 4 is 40.6 Å². The first-order valence-corrected chi connectivity index (χ1v) is 7.19. The molecule has 22 heavy (non-hydrogen) atoms. The number of benzene rings is 2. The van der Waals surface area contributed by atoms with Crippen LogP contribution in [0.5, 0.6) is 0 Å².